The second kappa shape index (κ2) is 8.85. The van der Waals surface area contributed by atoms with Gasteiger partial charge in [0.2, 0.25) is 5.91 Å². The Morgan fingerprint density at radius 2 is 1.64 bits per heavy atom. The summed E-state index contributed by atoms with van der Waals surface area (Å²) in [6.45, 7) is 6.14. The zero-order valence-corrected chi connectivity index (χ0v) is 19.1. The number of carbonyl (C=O) groups excluding carboxylic acids is 2. The number of aromatic nitrogens is 2. The van der Waals surface area contributed by atoms with Crippen LogP contribution in [0.3, 0.4) is 0 Å². The molecule has 0 spiro atoms. The Hall–Kier alpha value is -3.41. The van der Waals surface area contributed by atoms with Crippen molar-refractivity contribution >= 4 is 11.8 Å². The van der Waals surface area contributed by atoms with Crippen LogP contribution in [0.25, 0.3) is 5.69 Å². The summed E-state index contributed by atoms with van der Waals surface area (Å²) in [7, 11) is 0. The van der Waals surface area contributed by atoms with Gasteiger partial charge in [0.05, 0.1) is 17.9 Å². The van der Waals surface area contributed by atoms with Crippen molar-refractivity contribution in [1.82, 2.24) is 20.0 Å². The van der Waals surface area contributed by atoms with Gasteiger partial charge in [0, 0.05) is 30.3 Å². The summed E-state index contributed by atoms with van der Waals surface area (Å²) in [6.07, 6.45) is 0.924. The topological polar surface area (TPSA) is 67.2 Å². The Morgan fingerprint density at radius 3 is 2.27 bits per heavy atom. The lowest BCUT2D eigenvalue weighted by molar-refractivity contribution is -0.123. The van der Waals surface area contributed by atoms with Crippen molar-refractivity contribution in [2.24, 2.45) is 23.7 Å². The Kier molecular flexibility index (Phi) is 5.75. The molecule has 3 aromatic rings. The highest BCUT2D eigenvalue weighted by molar-refractivity contribution is 5.95. The van der Waals surface area contributed by atoms with Crippen LogP contribution in [0.5, 0.6) is 0 Å². The molecule has 1 aliphatic heterocycles. The fourth-order valence-electron chi connectivity index (χ4n) is 5.06. The normalized spacial score (nSPS) is 21.2. The molecule has 2 heterocycles. The van der Waals surface area contributed by atoms with Crippen LogP contribution >= 0.6 is 0 Å². The van der Waals surface area contributed by atoms with E-state index in [-0.39, 0.29) is 29.6 Å². The summed E-state index contributed by atoms with van der Waals surface area (Å²) in [4.78, 5) is 27.4. The largest absolute Gasteiger partial charge is 0.350 e. The fraction of sp³-hybridized carbons (Fsp3) is 0.370. The lowest BCUT2D eigenvalue weighted by Gasteiger charge is -2.19. The number of carbonyl (C=O) groups is 2. The molecule has 2 aliphatic rings. The van der Waals surface area contributed by atoms with Crippen molar-refractivity contribution in [1.29, 1.82) is 0 Å². The molecule has 1 saturated carbocycles. The summed E-state index contributed by atoms with van der Waals surface area (Å²) in [5, 5.41) is 7.87. The molecule has 2 amide bonds. The Labute approximate surface area is 194 Å². The third-order valence-corrected chi connectivity index (χ3v) is 6.70. The molecule has 0 radical (unpaired) electrons. The highest BCUT2D eigenvalue weighted by Gasteiger charge is 2.60. The van der Waals surface area contributed by atoms with E-state index in [0.29, 0.717) is 31.1 Å². The molecule has 1 aliphatic carbocycles. The molecule has 6 nitrogen and oxygen atoms in total. The van der Waals surface area contributed by atoms with Crippen molar-refractivity contribution in [2.45, 2.75) is 26.8 Å². The van der Waals surface area contributed by atoms with Crippen molar-refractivity contribution in [3.05, 3.63) is 83.7 Å². The lowest BCUT2D eigenvalue weighted by Crippen LogP contribution is -2.35. The molecule has 0 bridgehead atoms. The van der Waals surface area contributed by atoms with Gasteiger partial charge in [-0.05, 0) is 54.5 Å². The van der Waals surface area contributed by atoms with Crippen LogP contribution in [0, 0.1) is 23.7 Å². The molecule has 1 aromatic heterocycles. The minimum Gasteiger partial charge on any atom is -0.350 e. The molecule has 33 heavy (non-hydrogen) atoms. The van der Waals surface area contributed by atoms with E-state index in [1.165, 1.54) is 0 Å². The third-order valence-electron chi connectivity index (χ3n) is 6.70. The van der Waals surface area contributed by atoms with Crippen LogP contribution in [0.1, 0.15) is 35.6 Å². The Bertz CT molecular complexity index is 1130. The number of fused-ring (bicyclic) bond motifs is 1. The minimum atomic E-state index is 0.0103. The molecular formula is C27H30N4O2. The number of benzene rings is 2. The van der Waals surface area contributed by atoms with Crippen LogP contribution in [-0.2, 0) is 17.8 Å². The monoisotopic (exact) mass is 442 g/mol. The predicted octanol–water partition coefficient (Wildman–Crippen LogP) is 3.71. The highest BCUT2D eigenvalue weighted by Crippen LogP contribution is 2.52. The van der Waals surface area contributed by atoms with E-state index in [0.717, 1.165) is 23.5 Å². The van der Waals surface area contributed by atoms with Crippen LogP contribution in [0.2, 0.25) is 0 Å². The molecule has 5 rings (SSSR count). The minimum absolute atomic E-state index is 0.0103. The van der Waals surface area contributed by atoms with Crippen LogP contribution in [0.4, 0.5) is 0 Å². The zero-order valence-electron chi connectivity index (χ0n) is 19.1. The molecule has 2 aromatic carbocycles. The van der Waals surface area contributed by atoms with Crippen LogP contribution in [0.15, 0.2) is 66.7 Å². The van der Waals surface area contributed by atoms with Crippen molar-refractivity contribution < 1.29 is 9.59 Å². The summed E-state index contributed by atoms with van der Waals surface area (Å²) < 4.78 is 1.99. The SMILES string of the molecule is CC(C)Cc1cc(CNC(=O)C2C3CN(C(=O)c4ccccc4)CC32)nn1-c1ccccc1. The Balaban J connectivity index is 1.18. The Morgan fingerprint density at radius 1 is 1.00 bits per heavy atom. The first-order valence-electron chi connectivity index (χ1n) is 11.8. The van der Waals surface area contributed by atoms with Crippen molar-refractivity contribution in [3.63, 3.8) is 0 Å². The van der Waals surface area contributed by atoms with Gasteiger partial charge in [0.15, 0.2) is 0 Å². The standard InChI is InChI=1S/C27H30N4O2/c1-18(2)13-22-14-20(29-31(22)21-11-7-4-8-12-21)15-28-26(32)25-23-16-30(17-24(23)25)27(33)19-9-5-3-6-10-19/h3-12,14,18,23-25H,13,15-17H2,1-2H3,(H,28,32). The van der Waals surface area contributed by atoms with E-state index in [1.54, 1.807) is 0 Å². The number of hydrogen-bond donors (Lipinski definition) is 1. The van der Waals surface area contributed by atoms with Crippen LogP contribution in [-0.4, -0.2) is 39.6 Å². The van der Waals surface area contributed by atoms with Gasteiger partial charge in [-0.3, -0.25) is 9.59 Å². The number of piperidine rings is 1. The number of nitrogens with one attached hydrogen (secondary N) is 1. The van der Waals surface area contributed by atoms with Crippen LogP contribution < -0.4 is 5.32 Å². The average Bonchev–Trinajstić information content (AvgIpc) is 3.14. The van der Waals surface area contributed by atoms with E-state index in [4.69, 9.17) is 5.10 Å². The quantitative estimate of drug-likeness (QED) is 0.607. The molecule has 2 atom stereocenters. The second-order valence-corrected chi connectivity index (χ2v) is 9.62. The summed E-state index contributed by atoms with van der Waals surface area (Å²) >= 11 is 0. The third kappa shape index (κ3) is 4.42. The summed E-state index contributed by atoms with van der Waals surface area (Å²) in [5.41, 5.74) is 3.77. The van der Waals surface area contributed by atoms with Gasteiger partial charge in [0.1, 0.15) is 0 Å². The molecule has 1 N–H and O–H groups in total. The number of likely N-dealkylation sites (tertiary alicyclic amines) is 1. The number of rotatable bonds is 7. The summed E-state index contributed by atoms with van der Waals surface area (Å²) in [6, 6.07) is 21.6. The zero-order chi connectivity index (χ0) is 22.9. The van der Waals surface area contributed by atoms with Gasteiger partial charge in [-0.2, -0.15) is 5.10 Å². The second-order valence-electron chi connectivity index (χ2n) is 9.62. The molecule has 6 heteroatoms. The molecule has 170 valence electrons. The van der Waals surface area contributed by atoms with Gasteiger partial charge < -0.3 is 10.2 Å². The number of nitrogens with zero attached hydrogens (tertiary/aromatic N) is 3. The number of amides is 2. The maximum atomic E-state index is 12.8. The molecule has 2 unspecified atom stereocenters. The first-order valence-corrected chi connectivity index (χ1v) is 11.8. The first-order chi connectivity index (χ1) is 16.0. The molecular weight excluding hydrogens is 412 g/mol. The van der Waals surface area contributed by atoms with E-state index in [2.05, 4.69) is 25.2 Å². The average molecular weight is 443 g/mol. The maximum absolute atomic E-state index is 12.8. The maximum Gasteiger partial charge on any atom is 0.253 e. The van der Waals surface area contributed by atoms with Gasteiger partial charge in [-0.15, -0.1) is 0 Å². The number of para-hydroxylation sites is 1. The van der Waals surface area contributed by atoms with E-state index in [1.807, 2.05) is 70.2 Å². The fourth-order valence-corrected chi connectivity index (χ4v) is 5.06. The highest BCUT2D eigenvalue weighted by atomic mass is 16.2. The van der Waals surface area contributed by atoms with Gasteiger partial charge in [-0.25, -0.2) is 4.68 Å². The van der Waals surface area contributed by atoms with E-state index in [9.17, 15) is 9.59 Å². The smallest absolute Gasteiger partial charge is 0.253 e. The van der Waals surface area contributed by atoms with Gasteiger partial charge in [-0.1, -0.05) is 50.2 Å². The molecule has 1 saturated heterocycles. The van der Waals surface area contributed by atoms with Gasteiger partial charge >= 0.3 is 0 Å². The van der Waals surface area contributed by atoms with Crippen molar-refractivity contribution in [2.75, 3.05) is 13.1 Å². The van der Waals surface area contributed by atoms with E-state index >= 15 is 0 Å². The predicted molar refractivity (Wildman–Crippen MR) is 127 cm³/mol. The van der Waals surface area contributed by atoms with Crippen molar-refractivity contribution in [3.8, 4) is 5.69 Å². The van der Waals surface area contributed by atoms with Gasteiger partial charge in [0.25, 0.3) is 5.91 Å². The van der Waals surface area contributed by atoms with E-state index < -0.39 is 0 Å². The summed E-state index contributed by atoms with van der Waals surface area (Å²) in [5.74, 6) is 1.21. The lowest BCUT2D eigenvalue weighted by atomic mass is 10.1. The first kappa shape index (κ1) is 21.4. The number of hydrogen-bond acceptors (Lipinski definition) is 3. The molecule has 2 fully saturated rings.